The average Bonchev–Trinajstić information content (AvgIpc) is 3.34. The van der Waals surface area contributed by atoms with Crippen LogP contribution in [0.4, 0.5) is 10.5 Å². The van der Waals surface area contributed by atoms with Crippen molar-refractivity contribution in [2.75, 3.05) is 5.32 Å². The first kappa shape index (κ1) is 30.6. The second-order valence-corrected chi connectivity index (χ2v) is 11.8. The van der Waals surface area contributed by atoms with Gasteiger partial charge in [0.15, 0.2) is 0 Å². The Morgan fingerprint density at radius 1 is 0.976 bits per heavy atom. The molecule has 0 bridgehead atoms. The van der Waals surface area contributed by atoms with E-state index < -0.39 is 23.6 Å². The van der Waals surface area contributed by atoms with Gasteiger partial charge < -0.3 is 19.9 Å². The van der Waals surface area contributed by atoms with Gasteiger partial charge in [-0.25, -0.2) is 4.79 Å². The van der Waals surface area contributed by atoms with E-state index in [-0.39, 0.29) is 18.0 Å². The summed E-state index contributed by atoms with van der Waals surface area (Å²) in [5.41, 5.74) is 3.93. The van der Waals surface area contributed by atoms with Crippen molar-refractivity contribution >= 4 is 29.3 Å². The molecule has 2 amide bonds. The number of anilines is 1. The van der Waals surface area contributed by atoms with E-state index in [4.69, 9.17) is 16.3 Å². The highest BCUT2D eigenvalue weighted by Crippen LogP contribution is 2.27. The lowest BCUT2D eigenvalue weighted by Crippen LogP contribution is -2.47. The molecule has 0 radical (unpaired) electrons. The summed E-state index contributed by atoms with van der Waals surface area (Å²) < 4.78 is 8.86. The molecule has 0 saturated carbocycles. The number of alkyl carbamates (subject to hydrolysis) is 1. The molecule has 4 aromatic rings. The molecule has 0 aliphatic rings. The minimum absolute atomic E-state index is 0.00600. The largest absolute Gasteiger partial charge is 0.444 e. The monoisotopic (exact) mass is 589 g/mol. The first-order valence-corrected chi connectivity index (χ1v) is 14.1. The lowest BCUT2D eigenvalue weighted by molar-refractivity contribution is -0.118. The number of ether oxygens (including phenoxy) is 1. The van der Waals surface area contributed by atoms with E-state index in [0.29, 0.717) is 16.3 Å². The summed E-state index contributed by atoms with van der Waals surface area (Å²) in [5.74, 6) is -0.427. The van der Waals surface area contributed by atoms with Gasteiger partial charge in [-0.1, -0.05) is 29.8 Å². The number of pyridine rings is 1. The molecular weight excluding hydrogens is 554 g/mol. The van der Waals surface area contributed by atoms with E-state index in [0.717, 1.165) is 22.4 Å². The lowest BCUT2D eigenvalue weighted by atomic mass is 9.99. The second-order valence-electron chi connectivity index (χ2n) is 11.4. The Morgan fingerprint density at radius 2 is 1.64 bits per heavy atom. The van der Waals surface area contributed by atoms with Crippen molar-refractivity contribution < 1.29 is 14.3 Å². The number of aryl methyl sites for hydroxylation is 1. The van der Waals surface area contributed by atoms with Crippen molar-refractivity contribution in [3.63, 3.8) is 0 Å². The van der Waals surface area contributed by atoms with Gasteiger partial charge in [0.05, 0.1) is 5.69 Å². The normalized spacial score (nSPS) is 12.2. The number of hydrogen-bond donors (Lipinski definition) is 2. The Kier molecular flexibility index (Phi) is 9.21. The van der Waals surface area contributed by atoms with Gasteiger partial charge in [0.1, 0.15) is 11.6 Å². The fourth-order valence-electron chi connectivity index (χ4n) is 4.48. The van der Waals surface area contributed by atoms with E-state index in [2.05, 4.69) is 15.7 Å². The summed E-state index contributed by atoms with van der Waals surface area (Å²) in [6, 6.07) is 17.0. The van der Waals surface area contributed by atoms with E-state index in [9.17, 15) is 14.4 Å². The maximum atomic E-state index is 13.5. The van der Waals surface area contributed by atoms with Crippen LogP contribution < -0.4 is 16.2 Å². The fourth-order valence-corrected chi connectivity index (χ4v) is 4.67. The fraction of sp³-hybridized carbons (Fsp3) is 0.312. The maximum Gasteiger partial charge on any atom is 0.408 e. The van der Waals surface area contributed by atoms with Crippen LogP contribution in [-0.2, 0) is 23.0 Å². The molecule has 10 heteroatoms. The number of benzene rings is 2. The van der Waals surface area contributed by atoms with E-state index in [1.807, 2.05) is 51.2 Å². The minimum atomic E-state index is -0.992. The standard InChI is InChI=1S/C32H36ClN5O4/c1-20(2)38-19-23(10-14-29(38)39)22-9-13-26(33)24(17-22)18-27(36-31(41)42-32(3,4)5)30(40)35-25-11-7-21(8-12-25)28-15-16-34-37(28)6/h7-17,19-20,27H,18H2,1-6H3,(H,35,40)(H,36,41). The van der Waals surface area contributed by atoms with E-state index in [1.54, 1.807) is 66.7 Å². The SMILES string of the molecule is CC(C)n1cc(-c2ccc(Cl)c(CC(NC(=O)OC(C)(C)C)C(=O)Nc3ccc(-c4ccnn4C)cc3)c2)ccc1=O. The predicted molar refractivity (Wildman–Crippen MR) is 166 cm³/mol. The highest BCUT2D eigenvalue weighted by atomic mass is 35.5. The smallest absolute Gasteiger partial charge is 0.408 e. The molecule has 0 saturated heterocycles. The number of amides is 2. The van der Waals surface area contributed by atoms with Crippen molar-refractivity contribution in [1.29, 1.82) is 0 Å². The van der Waals surface area contributed by atoms with Gasteiger partial charge in [-0.2, -0.15) is 5.10 Å². The number of hydrogen-bond acceptors (Lipinski definition) is 5. The summed E-state index contributed by atoms with van der Waals surface area (Å²) in [5, 5.41) is 10.3. The molecule has 4 rings (SSSR count). The van der Waals surface area contributed by atoms with Gasteiger partial charge in [-0.05, 0) is 93.3 Å². The number of carbonyl (C=O) groups excluding carboxylic acids is 2. The number of nitrogens with zero attached hydrogens (tertiary/aromatic N) is 3. The Balaban J connectivity index is 1.60. The van der Waals surface area contributed by atoms with Crippen molar-refractivity contribution in [1.82, 2.24) is 19.7 Å². The van der Waals surface area contributed by atoms with Crippen LogP contribution in [0.15, 0.2) is 77.9 Å². The Hall–Kier alpha value is -4.37. The Morgan fingerprint density at radius 3 is 2.26 bits per heavy atom. The van der Waals surface area contributed by atoms with Gasteiger partial charge in [0.2, 0.25) is 5.91 Å². The average molecular weight is 590 g/mol. The van der Waals surface area contributed by atoms with Crippen molar-refractivity contribution in [3.05, 3.63) is 94.0 Å². The molecule has 2 aromatic carbocycles. The zero-order valence-corrected chi connectivity index (χ0v) is 25.4. The molecule has 220 valence electrons. The third-order valence-corrected chi connectivity index (χ3v) is 6.94. The number of nitrogens with one attached hydrogen (secondary N) is 2. The molecular formula is C32H36ClN5O4. The third-order valence-electron chi connectivity index (χ3n) is 6.57. The number of aromatic nitrogens is 3. The maximum absolute atomic E-state index is 13.5. The van der Waals surface area contributed by atoms with Crippen LogP contribution in [0.1, 0.15) is 46.2 Å². The highest BCUT2D eigenvalue weighted by Gasteiger charge is 2.26. The Labute approximate surface area is 250 Å². The third kappa shape index (κ3) is 7.67. The summed E-state index contributed by atoms with van der Waals surface area (Å²) in [7, 11) is 1.86. The molecule has 1 atom stereocenters. The second kappa shape index (κ2) is 12.7. The topological polar surface area (TPSA) is 107 Å². The lowest BCUT2D eigenvalue weighted by Gasteiger charge is -2.24. The number of halogens is 1. The van der Waals surface area contributed by atoms with Crippen LogP contribution in [-0.4, -0.2) is 38.0 Å². The first-order chi connectivity index (χ1) is 19.8. The van der Waals surface area contributed by atoms with Crippen LogP contribution in [0.5, 0.6) is 0 Å². The molecule has 1 unspecified atom stereocenters. The van der Waals surface area contributed by atoms with Crippen molar-refractivity contribution in [2.24, 2.45) is 7.05 Å². The van der Waals surface area contributed by atoms with Crippen molar-refractivity contribution in [2.45, 2.75) is 58.7 Å². The molecule has 9 nitrogen and oxygen atoms in total. The Bertz CT molecular complexity index is 1630. The van der Waals surface area contributed by atoms with Crippen LogP contribution in [0.3, 0.4) is 0 Å². The highest BCUT2D eigenvalue weighted by molar-refractivity contribution is 6.31. The van der Waals surface area contributed by atoms with Gasteiger partial charge in [0.25, 0.3) is 5.56 Å². The molecule has 2 aromatic heterocycles. The summed E-state index contributed by atoms with van der Waals surface area (Å²) >= 11 is 6.58. The summed E-state index contributed by atoms with van der Waals surface area (Å²) in [4.78, 5) is 38.5. The molecule has 0 aliphatic heterocycles. The van der Waals surface area contributed by atoms with Crippen molar-refractivity contribution in [3.8, 4) is 22.4 Å². The van der Waals surface area contributed by atoms with Crippen LogP contribution >= 0.6 is 11.6 Å². The van der Waals surface area contributed by atoms with Crippen LogP contribution in [0.2, 0.25) is 5.02 Å². The van der Waals surface area contributed by atoms with Crippen LogP contribution in [0, 0.1) is 0 Å². The predicted octanol–water partition coefficient (Wildman–Crippen LogP) is 6.22. The minimum Gasteiger partial charge on any atom is -0.444 e. The van der Waals surface area contributed by atoms with Crippen LogP contribution in [0.25, 0.3) is 22.4 Å². The molecule has 0 aliphatic carbocycles. The van der Waals surface area contributed by atoms with E-state index >= 15 is 0 Å². The molecule has 42 heavy (non-hydrogen) atoms. The number of carbonyl (C=O) groups is 2. The molecule has 0 spiro atoms. The van der Waals surface area contributed by atoms with E-state index in [1.165, 1.54) is 6.07 Å². The summed E-state index contributed by atoms with van der Waals surface area (Å²) in [6.07, 6.45) is 2.91. The number of rotatable bonds is 8. The van der Waals surface area contributed by atoms with Gasteiger partial charge in [-0.3, -0.25) is 14.3 Å². The molecule has 2 heterocycles. The van der Waals surface area contributed by atoms with Gasteiger partial charge in [0, 0.05) is 48.7 Å². The first-order valence-electron chi connectivity index (χ1n) is 13.7. The van der Waals surface area contributed by atoms with Gasteiger partial charge in [-0.15, -0.1) is 0 Å². The zero-order chi connectivity index (χ0) is 30.6. The quantitative estimate of drug-likeness (QED) is 0.253. The molecule has 2 N–H and O–H groups in total. The zero-order valence-electron chi connectivity index (χ0n) is 24.6. The molecule has 0 fully saturated rings. The summed E-state index contributed by atoms with van der Waals surface area (Å²) in [6.45, 7) is 9.14. The van der Waals surface area contributed by atoms with Gasteiger partial charge >= 0.3 is 6.09 Å².